The van der Waals surface area contributed by atoms with Gasteiger partial charge in [0.05, 0.1) is 13.3 Å². The van der Waals surface area contributed by atoms with Crippen LogP contribution in [0.25, 0.3) is 0 Å². The van der Waals surface area contributed by atoms with Gasteiger partial charge in [-0.2, -0.15) is 5.10 Å². The Morgan fingerprint density at radius 3 is 2.83 bits per heavy atom. The lowest BCUT2D eigenvalue weighted by atomic mass is 10.2. The molecule has 0 unspecified atom stereocenters. The number of likely N-dealkylation sites (N-methyl/N-ethyl adjacent to an activating group) is 1. The topological polar surface area (TPSA) is 94.5 Å². The van der Waals surface area contributed by atoms with Crippen molar-refractivity contribution in [1.82, 2.24) is 15.1 Å². The van der Waals surface area contributed by atoms with E-state index in [0.717, 1.165) is 0 Å². The van der Waals surface area contributed by atoms with Gasteiger partial charge in [0, 0.05) is 25.8 Å². The molecule has 122 valence electrons. The highest BCUT2D eigenvalue weighted by atomic mass is 16.5. The number of nitrogens with one attached hydrogen (secondary N) is 2. The van der Waals surface area contributed by atoms with E-state index in [-0.39, 0.29) is 18.4 Å². The first-order chi connectivity index (χ1) is 11.0. The number of rotatable bonds is 6. The Bertz CT molecular complexity index is 711. The first-order valence-electron chi connectivity index (χ1n) is 6.86. The smallest absolute Gasteiger partial charge is 0.262 e. The van der Waals surface area contributed by atoms with Gasteiger partial charge in [0.1, 0.15) is 11.3 Å². The summed E-state index contributed by atoms with van der Waals surface area (Å²) in [5.41, 5.74) is 0.863. The van der Waals surface area contributed by atoms with E-state index in [1.165, 1.54) is 25.0 Å². The number of anilines is 1. The van der Waals surface area contributed by atoms with Crippen LogP contribution in [0.1, 0.15) is 10.4 Å². The van der Waals surface area contributed by atoms with Gasteiger partial charge in [-0.25, -0.2) is 4.68 Å². The van der Waals surface area contributed by atoms with Gasteiger partial charge >= 0.3 is 0 Å². The van der Waals surface area contributed by atoms with Crippen LogP contribution in [0.15, 0.2) is 30.5 Å². The summed E-state index contributed by atoms with van der Waals surface area (Å²) >= 11 is 0. The third-order valence-electron chi connectivity index (χ3n) is 3.06. The van der Waals surface area contributed by atoms with Crippen molar-refractivity contribution >= 4 is 17.5 Å². The number of aryl methyl sites for hydroxylation is 1. The summed E-state index contributed by atoms with van der Waals surface area (Å²) in [5.74, 6) is 0.261. The highest BCUT2D eigenvalue weighted by Gasteiger charge is 2.17. The number of hydrogen-bond donors (Lipinski definition) is 2. The number of amides is 2. The highest BCUT2D eigenvalue weighted by Crippen LogP contribution is 2.21. The standard InChI is InChI=1S/C15H18N4O4/c1-16-13(20)9-23-11-6-4-5-10(7-11)18-14(21)12-8-17-19(2)15(12)22-3/h4-8H,9H2,1-3H3,(H,16,20)(H,18,21). The fourth-order valence-electron chi connectivity index (χ4n) is 1.91. The molecular weight excluding hydrogens is 300 g/mol. The maximum atomic E-state index is 12.3. The molecule has 2 rings (SSSR count). The molecule has 1 aromatic carbocycles. The zero-order valence-corrected chi connectivity index (χ0v) is 13.1. The Labute approximate surface area is 133 Å². The molecule has 0 spiro atoms. The third-order valence-corrected chi connectivity index (χ3v) is 3.06. The molecule has 23 heavy (non-hydrogen) atoms. The average molecular weight is 318 g/mol. The first kappa shape index (κ1) is 16.3. The van der Waals surface area contributed by atoms with Crippen LogP contribution in [-0.2, 0) is 11.8 Å². The summed E-state index contributed by atoms with van der Waals surface area (Å²) in [6.07, 6.45) is 1.43. The fourth-order valence-corrected chi connectivity index (χ4v) is 1.91. The molecule has 8 nitrogen and oxygen atoms in total. The maximum absolute atomic E-state index is 12.3. The summed E-state index contributed by atoms with van der Waals surface area (Å²) in [6, 6.07) is 6.76. The second kappa shape index (κ2) is 7.30. The highest BCUT2D eigenvalue weighted by molar-refractivity contribution is 6.05. The number of carbonyl (C=O) groups excluding carboxylic acids is 2. The summed E-state index contributed by atoms with van der Waals surface area (Å²) in [5, 5.41) is 9.18. The van der Waals surface area contributed by atoms with Crippen molar-refractivity contribution in [3.05, 3.63) is 36.0 Å². The van der Waals surface area contributed by atoms with Crippen LogP contribution < -0.4 is 20.1 Å². The molecule has 0 saturated carbocycles. The predicted molar refractivity (Wildman–Crippen MR) is 83.7 cm³/mol. The Morgan fingerprint density at radius 2 is 2.13 bits per heavy atom. The fraction of sp³-hybridized carbons (Fsp3) is 0.267. The molecule has 1 aromatic heterocycles. The van der Waals surface area contributed by atoms with Crippen LogP contribution in [0.4, 0.5) is 5.69 Å². The molecule has 1 heterocycles. The molecular formula is C15H18N4O4. The summed E-state index contributed by atoms with van der Waals surface area (Å²) in [7, 11) is 4.69. The largest absolute Gasteiger partial charge is 0.484 e. The number of aromatic nitrogens is 2. The average Bonchev–Trinajstić information content (AvgIpc) is 2.93. The normalized spacial score (nSPS) is 10.0. The Kier molecular flexibility index (Phi) is 5.19. The first-order valence-corrected chi connectivity index (χ1v) is 6.86. The minimum Gasteiger partial charge on any atom is -0.484 e. The van der Waals surface area contributed by atoms with Crippen molar-refractivity contribution in [3.63, 3.8) is 0 Å². The van der Waals surface area contributed by atoms with E-state index >= 15 is 0 Å². The van der Waals surface area contributed by atoms with E-state index in [0.29, 0.717) is 22.9 Å². The van der Waals surface area contributed by atoms with E-state index in [1.807, 2.05) is 0 Å². The number of carbonyl (C=O) groups is 2. The van der Waals surface area contributed by atoms with Gasteiger partial charge < -0.3 is 20.1 Å². The van der Waals surface area contributed by atoms with Crippen LogP contribution in [0, 0.1) is 0 Å². The van der Waals surface area contributed by atoms with Crippen molar-refractivity contribution < 1.29 is 19.1 Å². The molecule has 2 N–H and O–H groups in total. The summed E-state index contributed by atoms with van der Waals surface area (Å²) < 4.78 is 11.9. The van der Waals surface area contributed by atoms with Crippen LogP contribution in [0.3, 0.4) is 0 Å². The van der Waals surface area contributed by atoms with Gasteiger partial charge in [0.2, 0.25) is 5.88 Å². The predicted octanol–water partition coefficient (Wildman–Crippen LogP) is 0.806. The van der Waals surface area contributed by atoms with Crippen molar-refractivity contribution in [2.45, 2.75) is 0 Å². The Balaban J connectivity index is 2.07. The molecule has 0 atom stereocenters. The molecule has 0 saturated heterocycles. The van der Waals surface area contributed by atoms with Crippen LogP contribution in [-0.4, -0.2) is 42.4 Å². The van der Waals surface area contributed by atoms with E-state index < -0.39 is 0 Å². The number of ether oxygens (including phenoxy) is 2. The third kappa shape index (κ3) is 4.00. The van der Waals surface area contributed by atoms with E-state index in [4.69, 9.17) is 9.47 Å². The second-order valence-electron chi connectivity index (χ2n) is 4.63. The van der Waals surface area contributed by atoms with Crippen LogP contribution >= 0.6 is 0 Å². The zero-order chi connectivity index (χ0) is 16.8. The Hall–Kier alpha value is -3.03. The van der Waals surface area contributed by atoms with Gasteiger partial charge in [-0.1, -0.05) is 6.07 Å². The van der Waals surface area contributed by atoms with Gasteiger partial charge in [-0.3, -0.25) is 9.59 Å². The lowest BCUT2D eigenvalue weighted by Crippen LogP contribution is -2.24. The molecule has 2 aromatic rings. The van der Waals surface area contributed by atoms with Crippen molar-refractivity contribution in [1.29, 1.82) is 0 Å². The van der Waals surface area contributed by atoms with E-state index in [1.54, 1.807) is 31.3 Å². The monoisotopic (exact) mass is 318 g/mol. The summed E-state index contributed by atoms with van der Waals surface area (Å²) in [4.78, 5) is 23.5. The van der Waals surface area contributed by atoms with Crippen LogP contribution in [0.5, 0.6) is 11.6 Å². The molecule has 0 bridgehead atoms. The van der Waals surface area contributed by atoms with Gasteiger partial charge in [-0.15, -0.1) is 0 Å². The molecule has 2 amide bonds. The zero-order valence-electron chi connectivity index (χ0n) is 13.1. The molecule has 0 radical (unpaired) electrons. The second-order valence-corrected chi connectivity index (χ2v) is 4.63. The molecule has 0 fully saturated rings. The lowest BCUT2D eigenvalue weighted by molar-refractivity contribution is -0.122. The molecule has 0 aliphatic carbocycles. The van der Waals surface area contributed by atoms with Gasteiger partial charge in [-0.05, 0) is 12.1 Å². The van der Waals surface area contributed by atoms with E-state index in [9.17, 15) is 9.59 Å². The van der Waals surface area contributed by atoms with Crippen LogP contribution in [0.2, 0.25) is 0 Å². The molecule has 8 heteroatoms. The number of benzene rings is 1. The molecule has 0 aliphatic heterocycles. The van der Waals surface area contributed by atoms with Gasteiger partial charge in [0.15, 0.2) is 6.61 Å². The maximum Gasteiger partial charge on any atom is 0.262 e. The van der Waals surface area contributed by atoms with Crippen molar-refractivity contribution in [3.8, 4) is 11.6 Å². The van der Waals surface area contributed by atoms with Crippen molar-refractivity contribution in [2.75, 3.05) is 26.1 Å². The summed E-state index contributed by atoms with van der Waals surface area (Å²) in [6.45, 7) is -0.0929. The quantitative estimate of drug-likeness (QED) is 0.822. The Morgan fingerprint density at radius 1 is 1.35 bits per heavy atom. The minimum atomic E-state index is -0.349. The van der Waals surface area contributed by atoms with Gasteiger partial charge in [0.25, 0.3) is 11.8 Å². The van der Waals surface area contributed by atoms with E-state index in [2.05, 4.69) is 15.7 Å². The number of methoxy groups -OCH3 is 1. The SMILES string of the molecule is CNC(=O)COc1cccc(NC(=O)c2cnn(C)c2OC)c1. The minimum absolute atomic E-state index is 0.0929. The lowest BCUT2D eigenvalue weighted by Gasteiger charge is -2.09. The molecule has 0 aliphatic rings. The number of nitrogens with zero attached hydrogens (tertiary/aromatic N) is 2. The number of hydrogen-bond acceptors (Lipinski definition) is 5. The van der Waals surface area contributed by atoms with Crippen molar-refractivity contribution in [2.24, 2.45) is 7.05 Å².